The summed E-state index contributed by atoms with van der Waals surface area (Å²) in [6.07, 6.45) is 1.54. The van der Waals surface area contributed by atoms with Crippen molar-refractivity contribution >= 4 is 51.0 Å². The minimum atomic E-state index is -3.64. The maximum absolute atomic E-state index is 12.5. The Kier molecular flexibility index (Phi) is 6.16. The van der Waals surface area contributed by atoms with Crippen molar-refractivity contribution in [2.45, 2.75) is 6.42 Å². The standard InChI is InChI=1S/C15H19N3O6S2/c1-26(23,24)18-11-5-9(14(20)21)4-10(6-11)17-13(19)12(15(22)25)8-2-3-16-7-8/h4-6,8,12,16,18H,2-3,7H2,1H3,(H,17,19)(H,20,21)(H,22,25)/p-1. The first-order chi connectivity index (χ1) is 12.1. The van der Waals surface area contributed by atoms with E-state index < -0.39 is 32.9 Å². The van der Waals surface area contributed by atoms with Gasteiger partial charge in [-0.3, -0.25) is 9.52 Å². The van der Waals surface area contributed by atoms with Crippen LogP contribution in [0.15, 0.2) is 18.2 Å². The van der Waals surface area contributed by atoms with Gasteiger partial charge < -0.3 is 33.2 Å². The predicted molar refractivity (Wildman–Crippen MR) is 97.3 cm³/mol. The molecule has 0 bridgehead atoms. The number of carboxylic acids is 1. The van der Waals surface area contributed by atoms with Crippen molar-refractivity contribution in [3.05, 3.63) is 23.8 Å². The second-order valence-electron chi connectivity index (χ2n) is 6.02. The van der Waals surface area contributed by atoms with Gasteiger partial charge in [-0.05, 0) is 43.6 Å². The molecule has 4 N–H and O–H groups in total. The zero-order valence-electron chi connectivity index (χ0n) is 13.8. The number of hydrogen-bond acceptors (Lipinski definition) is 7. The van der Waals surface area contributed by atoms with Crippen LogP contribution >= 0.6 is 0 Å². The average Bonchev–Trinajstić information content (AvgIpc) is 2.98. The molecule has 1 fully saturated rings. The third kappa shape index (κ3) is 5.38. The van der Waals surface area contributed by atoms with Crippen molar-refractivity contribution in [3.8, 4) is 0 Å². The summed E-state index contributed by atoms with van der Waals surface area (Å²) < 4.78 is 24.9. The summed E-state index contributed by atoms with van der Waals surface area (Å²) in [4.78, 5) is 35.5. The molecular formula is C15H18N3O6S2-. The summed E-state index contributed by atoms with van der Waals surface area (Å²) in [5.41, 5.74) is -0.197. The van der Waals surface area contributed by atoms with Gasteiger partial charge in [-0.2, -0.15) is 0 Å². The molecule has 142 valence electrons. The lowest BCUT2D eigenvalue weighted by molar-refractivity contribution is -0.128. The summed E-state index contributed by atoms with van der Waals surface area (Å²) in [6.45, 7) is 1.16. The fourth-order valence-electron chi connectivity index (χ4n) is 2.79. The Hall–Kier alpha value is -2.24. The first-order valence-corrected chi connectivity index (χ1v) is 9.95. The predicted octanol–water partition coefficient (Wildman–Crippen LogP) is -0.00600. The first kappa shape index (κ1) is 20.1. The Labute approximate surface area is 156 Å². The van der Waals surface area contributed by atoms with Crippen LogP contribution in [0.5, 0.6) is 0 Å². The van der Waals surface area contributed by atoms with Crippen molar-refractivity contribution < 1.29 is 27.9 Å². The van der Waals surface area contributed by atoms with Gasteiger partial charge >= 0.3 is 5.97 Å². The second kappa shape index (κ2) is 7.98. The molecule has 2 rings (SSSR count). The number of carbonyl (C=O) groups is 3. The number of nitrogens with one attached hydrogen (secondary N) is 3. The Morgan fingerprint density at radius 3 is 2.42 bits per heavy atom. The summed E-state index contributed by atoms with van der Waals surface area (Å²) >= 11 is 4.68. The molecule has 0 radical (unpaired) electrons. The van der Waals surface area contributed by atoms with E-state index in [1.807, 2.05) is 0 Å². The number of rotatable bonds is 7. The van der Waals surface area contributed by atoms with Crippen LogP contribution in [-0.4, -0.2) is 49.9 Å². The van der Waals surface area contributed by atoms with E-state index in [9.17, 15) is 22.8 Å². The van der Waals surface area contributed by atoms with Crippen molar-refractivity contribution in [3.63, 3.8) is 0 Å². The Balaban J connectivity index is 2.29. The van der Waals surface area contributed by atoms with Crippen molar-refractivity contribution in [1.82, 2.24) is 5.32 Å². The van der Waals surface area contributed by atoms with Crippen LogP contribution in [0.2, 0.25) is 0 Å². The molecule has 2 atom stereocenters. The molecule has 0 saturated carbocycles. The van der Waals surface area contributed by atoms with E-state index in [0.717, 1.165) is 12.3 Å². The smallest absolute Gasteiger partial charge is 0.335 e. The first-order valence-electron chi connectivity index (χ1n) is 7.65. The summed E-state index contributed by atoms with van der Waals surface area (Å²) in [5, 5.41) is 14.0. The lowest BCUT2D eigenvalue weighted by Gasteiger charge is -2.24. The number of carboxylic acid groups (broad SMARTS) is 1. The summed E-state index contributed by atoms with van der Waals surface area (Å²) in [5.74, 6) is -3.23. The summed E-state index contributed by atoms with van der Waals surface area (Å²) in [7, 11) is -3.64. The molecule has 0 aliphatic carbocycles. The van der Waals surface area contributed by atoms with Crippen molar-refractivity contribution in [2.24, 2.45) is 11.8 Å². The van der Waals surface area contributed by atoms with Crippen LogP contribution in [0.25, 0.3) is 0 Å². The number of carbonyl (C=O) groups excluding carboxylic acids is 2. The van der Waals surface area contributed by atoms with Gasteiger partial charge in [0.05, 0.1) is 23.4 Å². The number of sulfonamides is 1. The molecular weight excluding hydrogens is 382 g/mol. The van der Waals surface area contributed by atoms with E-state index >= 15 is 0 Å². The molecule has 1 heterocycles. The van der Waals surface area contributed by atoms with Gasteiger partial charge in [0.2, 0.25) is 15.9 Å². The molecule has 9 nitrogen and oxygen atoms in total. The number of hydrogen-bond donors (Lipinski definition) is 4. The highest BCUT2D eigenvalue weighted by Crippen LogP contribution is 2.24. The number of aromatic carboxylic acids is 1. The average molecular weight is 400 g/mol. The van der Waals surface area contributed by atoms with Crippen LogP contribution in [0.4, 0.5) is 11.4 Å². The van der Waals surface area contributed by atoms with E-state index in [4.69, 9.17) is 5.11 Å². The SMILES string of the molecule is CS(=O)(=O)Nc1cc(NC(=O)C(C(=O)[S-])C2CCNC2)cc(C(=O)O)c1. The van der Waals surface area contributed by atoms with Crippen LogP contribution in [0.3, 0.4) is 0 Å². The fraction of sp³-hybridized carbons (Fsp3) is 0.400. The van der Waals surface area contributed by atoms with Crippen LogP contribution < -0.4 is 15.4 Å². The zero-order valence-corrected chi connectivity index (χ0v) is 15.4. The lowest BCUT2D eigenvalue weighted by Crippen LogP contribution is -2.35. The largest absolute Gasteiger partial charge is 0.741 e. The van der Waals surface area contributed by atoms with Crippen molar-refractivity contribution in [1.29, 1.82) is 0 Å². The van der Waals surface area contributed by atoms with Gasteiger partial charge in [-0.15, -0.1) is 0 Å². The molecule has 1 aromatic rings. The topological polar surface area (TPSA) is 142 Å². The molecule has 1 aliphatic heterocycles. The minimum Gasteiger partial charge on any atom is -0.741 e. The number of anilines is 2. The van der Waals surface area contributed by atoms with E-state index in [1.165, 1.54) is 12.1 Å². The molecule has 2 unspecified atom stereocenters. The van der Waals surface area contributed by atoms with E-state index in [2.05, 4.69) is 28.0 Å². The van der Waals surface area contributed by atoms with Crippen molar-refractivity contribution in [2.75, 3.05) is 29.4 Å². The monoisotopic (exact) mass is 400 g/mol. The van der Waals surface area contributed by atoms with E-state index in [1.54, 1.807) is 0 Å². The molecule has 26 heavy (non-hydrogen) atoms. The van der Waals surface area contributed by atoms with Gasteiger partial charge in [0, 0.05) is 10.8 Å². The Morgan fingerprint density at radius 2 is 1.92 bits per heavy atom. The van der Waals surface area contributed by atoms with Gasteiger partial charge in [-0.1, -0.05) is 0 Å². The third-order valence-electron chi connectivity index (χ3n) is 3.86. The van der Waals surface area contributed by atoms with Gasteiger partial charge in [0.1, 0.15) is 0 Å². The molecule has 1 saturated heterocycles. The Bertz CT molecular complexity index is 834. The van der Waals surface area contributed by atoms with E-state index in [0.29, 0.717) is 19.5 Å². The Morgan fingerprint density at radius 1 is 1.27 bits per heavy atom. The minimum absolute atomic E-state index is 0.0218. The lowest BCUT2D eigenvalue weighted by atomic mass is 9.91. The molecule has 0 aromatic heterocycles. The number of benzene rings is 1. The van der Waals surface area contributed by atoms with Crippen LogP contribution in [0.1, 0.15) is 16.8 Å². The van der Waals surface area contributed by atoms with Gasteiger partial charge in [0.15, 0.2) is 0 Å². The zero-order chi connectivity index (χ0) is 19.5. The molecule has 0 spiro atoms. The maximum Gasteiger partial charge on any atom is 0.335 e. The number of amides is 1. The van der Waals surface area contributed by atoms with Crippen LogP contribution in [0, 0.1) is 11.8 Å². The van der Waals surface area contributed by atoms with Gasteiger partial charge in [0.25, 0.3) is 0 Å². The quantitative estimate of drug-likeness (QED) is 0.370. The van der Waals surface area contributed by atoms with Crippen LogP contribution in [-0.2, 0) is 32.2 Å². The highest BCUT2D eigenvalue weighted by molar-refractivity contribution is 7.92. The third-order valence-corrected chi connectivity index (χ3v) is 4.72. The molecule has 1 amide bonds. The highest BCUT2D eigenvalue weighted by Gasteiger charge is 2.31. The normalized spacial score (nSPS) is 18.1. The highest BCUT2D eigenvalue weighted by atomic mass is 32.2. The van der Waals surface area contributed by atoms with Gasteiger partial charge in [-0.25, -0.2) is 13.2 Å². The molecule has 11 heteroatoms. The summed E-state index contributed by atoms with van der Waals surface area (Å²) in [6, 6.07) is 3.56. The van der Waals surface area contributed by atoms with E-state index in [-0.39, 0.29) is 22.9 Å². The molecule has 1 aliphatic rings. The fourth-order valence-corrected chi connectivity index (χ4v) is 3.64. The molecule has 1 aromatic carbocycles. The maximum atomic E-state index is 12.5. The second-order valence-corrected chi connectivity index (χ2v) is 8.17.